The molecule has 1 aromatic carbocycles. The van der Waals surface area contributed by atoms with E-state index < -0.39 is 17.5 Å². The van der Waals surface area contributed by atoms with Gasteiger partial charge in [-0.05, 0) is 101 Å². The summed E-state index contributed by atoms with van der Waals surface area (Å²) in [4.78, 5) is 21.6. The number of nitriles is 1. The number of nitrogens with zero attached hydrogens (tertiary/aromatic N) is 6. The quantitative estimate of drug-likeness (QED) is 0.318. The monoisotopic (exact) mass is 628 g/mol. The lowest BCUT2D eigenvalue weighted by atomic mass is 9.95. The second kappa shape index (κ2) is 11.4. The summed E-state index contributed by atoms with van der Waals surface area (Å²) in [6.07, 6.45) is 4.64. The van der Waals surface area contributed by atoms with Crippen LogP contribution in [0.5, 0.6) is 5.88 Å². The van der Waals surface area contributed by atoms with Crippen LogP contribution in [0.3, 0.4) is 0 Å². The van der Waals surface area contributed by atoms with E-state index in [2.05, 4.69) is 33.9 Å². The number of fused-ring (bicyclic) bond motifs is 3. The molecule has 4 atom stereocenters. The third kappa shape index (κ3) is 5.73. The fraction of sp³-hybridized carbons (Fsp3) is 0.600. The van der Waals surface area contributed by atoms with Gasteiger partial charge in [-0.25, -0.2) is 14.2 Å². The molecule has 0 aliphatic carbocycles. The molecule has 4 heterocycles. The van der Waals surface area contributed by atoms with Crippen LogP contribution in [0.2, 0.25) is 0 Å². The normalized spacial score (nSPS) is 22.7. The first-order valence-electron chi connectivity index (χ1n) is 14.3. The lowest BCUT2D eigenvalue weighted by Gasteiger charge is -2.39. The first kappa shape index (κ1) is 29.5. The van der Waals surface area contributed by atoms with E-state index in [4.69, 9.17) is 19.6 Å². The van der Waals surface area contributed by atoms with Crippen molar-refractivity contribution in [2.75, 3.05) is 20.1 Å². The highest BCUT2D eigenvalue weighted by Gasteiger charge is 2.36. The molecule has 9 nitrogen and oxygen atoms in total. The molecule has 2 fully saturated rings. The van der Waals surface area contributed by atoms with Crippen molar-refractivity contribution in [2.24, 2.45) is 0 Å². The van der Waals surface area contributed by atoms with E-state index in [1.54, 1.807) is 11.1 Å². The molecule has 11 heteroatoms. The lowest BCUT2D eigenvalue weighted by Crippen LogP contribution is -2.48. The predicted molar refractivity (Wildman–Crippen MR) is 158 cm³/mol. The minimum atomic E-state index is -0.633. The Morgan fingerprint density at radius 3 is 2.71 bits per heavy atom. The van der Waals surface area contributed by atoms with Gasteiger partial charge in [-0.3, -0.25) is 9.58 Å². The average molecular weight is 630 g/mol. The van der Waals surface area contributed by atoms with E-state index in [-0.39, 0.29) is 36.2 Å². The lowest BCUT2D eigenvalue weighted by molar-refractivity contribution is 0.00565. The Morgan fingerprint density at radius 2 is 2.05 bits per heavy atom. The van der Waals surface area contributed by atoms with E-state index in [1.807, 2.05) is 45.4 Å². The Kier molecular flexibility index (Phi) is 8.18. The van der Waals surface area contributed by atoms with Crippen molar-refractivity contribution in [3.05, 3.63) is 28.1 Å². The fourth-order valence-electron chi connectivity index (χ4n) is 6.24. The fourth-order valence-corrected chi connectivity index (χ4v) is 6.55. The summed E-state index contributed by atoms with van der Waals surface area (Å²) in [5.41, 5.74) is 1.09. The maximum Gasteiger partial charge on any atom is 0.410 e. The van der Waals surface area contributed by atoms with Crippen LogP contribution in [0, 0.1) is 24.1 Å². The Hall–Kier alpha value is -2.97. The Balaban J connectivity index is 1.57. The second-order valence-corrected chi connectivity index (χ2v) is 13.2. The van der Waals surface area contributed by atoms with E-state index in [1.165, 1.54) is 0 Å². The van der Waals surface area contributed by atoms with Crippen molar-refractivity contribution in [2.45, 2.75) is 96.6 Å². The SMILES string of the molecule is Cc1cc2c(nc(O[C@@H](C)[C@@H]3CCCN3C)c3cnn([C@H]4CCN(C(=O)OC(C)(C)C)[C@H](CC#N)C4)c32)c(F)c1Br. The number of carbonyl (C=O) groups is 1. The number of rotatable bonds is 5. The average Bonchev–Trinajstić information content (AvgIpc) is 3.54. The Morgan fingerprint density at radius 1 is 1.29 bits per heavy atom. The van der Waals surface area contributed by atoms with Crippen LogP contribution >= 0.6 is 15.9 Å². The van der Waals surface area contributed by atoms with Crippen molar-refractivity contribution >= 4 is 43.8 Å². The summed E-state index contributed by atoms with van der Waals surface area (Å²) in [6, 6.07) is 3.96. The van der Waals surface area contributed by atoms with E-state index >= 15 is 4.39 Å². The maximum atomic E-state index is 15.7. The molecule has 1 amide bonds. The number of ether oxygens (including phenoxy) is 2. The van der Waals surface area contributed by atoms with Crippen molar-refractivity contribution in [1.29, 1.82) is 5.26 Å². The number of likely N-dealkylation sites (tertiary alicyclic amines) is 2. The van der Waals surface area contributed by atoms with Crippen LogP contribution < -0.4 is 4.74 Å². The summed E-state index contributed by atoms with van der Waals surface area (Å²) >= 11 is 3.39. The summed E-state index contributed by atoms with van der Waals surface area (Å²) in [5.74, 6) is -0.0757. The molecule has 41 heavy (non-hydrogen) atoms. The van der Waals surface area contributed by atoms with Crippen molar-refractivity contribution in [3.8, 4) is 11.9 Å². The number of hydrogen-bond donors (Lipinski definition) is 0. The van der Waals surface area contributed by atoms with Gasteiger partial charge in [0, 0.05) is 18.0 Å². The Bertz CT molecular complexity index is 1510. The van der Waals surface area contributed by atoms with Gasteiger partial charge in [-0.15, -0.1) is 0 Å². The molecular formula is C30H38BrFN6O3. The van der Waals surface area contributed by atoms with Crippen LogP contribution in [0.15, 0.2) is 16.7 Å². The second-order valence-electron chi connectivity index (χ2n) is 12.4. The van der Waals surface area contributed by atoms with Gasteiger partial charge in [0.1, 0.15) is 17.2 Å². The molecule has 0 saturated carbocycles. The van der Waals surface area contributed by atoms with Gasteiger partial charge in [0.25, 0.3) is 0 Å². The molecule has 2 saturated heterocycles. The molecule has 5 rings (SSSR count). The summed E-state index contributed by atoms with van der Waals surface area (Å²) in [6.45, 7) is 10.8. The molecule has 0 bridgehead atoms. The van der Waals surface area contributed by atoms with Crippen LogP contribution in [0.25, 0.3) is 21.8 Å². The number of piperidine rings is 1. The van der Waals surface area contributed by atoms with Crippen molar-refractivity contribution in [3.63, 3.8) is 0 Å². The molecule has 2 aliphatic heterocycles. The van der Waals surface area contributed by atoms with Gasteiger partial charge < -0.3 is 14.4 Å². The number of likely N-dealkylation sites (N-methyl/N-ethyl adjacent to an activating group) is 1. The van der Waals surface area contributed by atoms with Gasteiger partial charge >= 0.3 is 6.09 Å². The van der Waals surface area contributed by atoms with Gasteiger partial charge in [-0.2, -0.15) is 10.4 Å². The van der Waals surface area contributed by atoms with Crippen LogP contribution in [-0.2, 0) is 4.74 Å². The summed E-state index contributed by atoms with van der Waals surface area (Å²) < 4.78 is 30.1. The number of hydrogen-bond acceptors (Lipinski definition) is 7. The standard InChI is InChI=1S/C30H38BrFN6O3/c1-17-14-21-26(25(32)24(17)31)35-28(40-18(2)23-8-7-12-36(23)6)22-16-34-38(27(21)22)20-10-13-37(19(15-20)9-11-33)29(39)41-30(3,4)5/h14,16,18-20,23H,7-10,12-13,15H2,1-6H3/t18-,19+,20-,23-/m0/s1. The largest absolute Gasteiger partial charge is 0.472 e. The highest BCUT2D eigenvalue weighted by Crippen LogP contribution is 2.40. The predicted octanol–water partition coefficient (Wildman–Crippen LogP) is 6.51. The van der Waals surface area contributed by atoms with Crippen molar-refractivity contribution < 1.29 is 18.7 Å². The zero-order valence-corrected chi connectivity index (χ0v) is 26.2. The number of amides is 1. The third-order valence-electron chi connectivity index (χ3n) is 8.26. The van der Waals surface area contributed by atoms with Crippen LogP contribution in [0.4, 0.5) is 9.18 Å². The number of benzene rings is 1. The van der Waals surface area contributed by atoms with E-state index in [0.29, 0.717) is 35.1 Å². The molecular weight excluding hydrogens is 591 g/mol. The topological polar surface area (TPSA) is 96.5 Å². The molecule has 3 aromatic rings. The molecule has 0 unspecified atom stereocenters. The molecule has 0 N–H and O–H groups in total. The number of pyridine rings is 1. The van der Waals surface area contributed by atoms with Crippen molar-refractivity contribution in [1.82, 2.24) is 24.6 Å². The Labute approximate surface area is 248 Å². The molecule has 0 radical (unpaired) electrons. The zero-order valence-electron chi connectivity index (χ0n) is 24.6. The number of aromatic nitrogens is 3. The van der Waals surface area contributed by atoms with Gasteiger partial charge in [0.05, 0.1) is 46.1 Å². The van der Waals surface area contributed by atoms with Gasteiger partial charge in [0.15, 0.2) is 5.82 Å². The van der Waals surface area contributed by atoms with Crippen LogP contribution in [0.1, 0.15) is 71.4 Å². The number of aryl methyl sites for hydroxylation is 1. The highest BCUT2D eigenvalue weighted by atomic mass is 79.9. The number of halogens is 2. The summed E-state index contributed by atoms with van der Waals surface area (Å²) in [5, 5.41) is 15.7. The first-order valence-corrected chi connectivity index (χ1v) is 15.1. The third-order valence-corrected chi connectivity index (χ3v) is 9.24. The highest BCUT2D eigenvalue weighted by molar-refractivity contribution is 9.10. The van der Waals surface area contributed by atoms with E-state index in [9.17, 15) is 10.1 Å². The van der Waals surface area contributed by atoms with Crippen LogP contribution in [-0.4, -0.2) is 74.6 Å². The van der Waals surface area contributed by atoms with Gasteiger partial charge in [0.2, 0.25) is 5.88 Å². The molecule has 0 spiro atoms. The van der Waals surface area contributed by atoms with Gasteiger partial charge in [-0.1, -0.05) is 0 Å². The smallest absolute Gasteiger partial charge is 0.410 e. The maximum absolute atomic E-state index is 15.7. The minimum Gasteiger partial charge on any atom is -0.472 e. The number of carbonyl (C=O) groups excluding carboxylic acids is 1. The molecule has 2 aliphatic rings. The summed E-state index contributed by atoms with van der Waals surface area (Å²) in [7, 11) is 2.10. The first-order chi connectivity index (χ1) is 19.4. The molecule has 220 valence electrons. The van der Waals surface area contributed by atoms with E-state index in [0.717, 1.165) is 35.9 Å². The zero-order chi connectivity index (χ0) is 29.6. The molecule has 2 aromatic heterocycles. The minimum absolute atomic E-state index is 0.117.